The second-order valence-electron chi connectivity index (χ2n) is 5.45. The maximum atomic E-state index is 10.7. The van der Waals surface area contributed by atoms with Crippen LogP contribution in [-0.2, 0) is 11.0 Å². The van der Waals surface area contributed by atoms with Crippen LogP contribution in [0.5, 0.6) is 5.75 Å². The zero-order valence-electron chi connectivity index (χ0n) is 12.8. The van der Waals surface area contributed by atoms with Crippen molar-refractivity contribution in [1.82, 2.24) is 0 Å². The first-order valence-corrected chi connectivity index (χ1v) is 9.38. The van der Waals surface area contributed by atoms with Crippen LogP contribution in [0.2, 0.25) is 0 Å². The second-order valence-corrected chi connectivity index (χ2v) is 6.61. The average molecular weight is 314 g/mol. The number of unbranched alkanes of at least 4 members (excludes halogenated alkanes) is 7. The van der Waals surface area contributed by atoms with E-state index in [1.54, 1.807) is 12.1 Å². The van der Waals surface area contributed by atoms with Crippen LogP contribution >= 0.6 is 7.82 Å². The molecule has 0 aliphatic rings. The molecule has 0 aliphatic heterocycles. The molecule has 0 aromatic heterocycles. The first-order valence-electron chi connectivity index (χ1n) is 7.85. The Hall–Kier alpha value is -0.830. The molecule has 0 fully saturated rings. The Bertz CT molecular complexity index is 424. The number of hydrogen-bond acceptors (Lipinski definition) is 2. The van der Waals surface area contributed by atoms with E-state index >= 15 is 0 Å². The van der Waals surface area contributed by atoms with Crippen LogP contribution in [0, 0.1) is 0 Å². The maximum absolute atomic E-state index is 10.7. The molecular formula is C16H27O4P. The van der Waals surface area contributed by atoms with E-state index in [1.807, 2.05) is 12.1 Å². The molecule has 0 spiro atoms. The lowest BCUT2D eigenvalue weighted by molar-refractivity contribution is 0.283. The highest BCUT2D eigenvalue weighted by Gasteiger charge is 2.15. The van der Waals surface area contributed by atoms with Crippen molar-refractivity contribution >= 4 is 7.82 Å². The molecule has 0 saturated heterocycles. The molecule has 21 heavy (non-hydrogen) atoms. The first-order chi connectivity index (χ1) is 10.0. The molecule has 0 bridgehead atoms. The molecule has 0 radical (unpaired) electrons. The Morgan fingerprint density at radius 3 is 1.95 bits per heavy atom. The van der Waals surface area contributed by atoms with Crippen LogP contribution < -0.4 is 4.52 Å². The molecule has 1 rings (SSSR count). The van der Waals surface area contributed by atoms with E-state index in [-0.39, 0.29) is 5.75 Å². The summed E-state index contributed by atoms with van der Waals surface area (Å²) in [5, 5.41) is 0. The molecule has 1 aromatic carbocycles. The van der Waals surface area contributed by atoms with Crippen molar-refractivity contribution in [2.75, 3.05) is 0 Å². The number of benzene rings is 1. The van der Waals surface area contributed by atoms with E-state index in [4.69, 9.17) is 9.79 Å². The largest absolute Gasteiger partial charge is 0.524 e. The van der Waals surface area contributed by atoms with Gasteiger partial charge in [0.1, 0.15) is 5.75 Å². The normalized spacial score (nSPS) is 11.6. The summed E-state index contributed by atoms with van der Waals surface area (Å²) in [6, 6.07) is 6.96. The predicted octanol–water partition coefficient (Wildman–Crippen LogP) is 4.84. The van der Waals surface area contributed by atoms with Gasteiger partial charge in [-0.15, -0.1) is 0 Å². The topological polar surface area (TPSA) is 66.8 Å². The van der Waals surface area contributed by atoms with Crippen molar-refractivity contribution < 1.29 is 18.9 Å². The average Bonchev–Trinajstić information content (AvgIpc) is 2.42. The van der Waals surface area contributed by atoms with Crippen molar-refractivity contribution in [1.29, 1.82) is 0 Å². The van der Waals surface area contributed by atoms with E-state index in [0.717, 1.165) is 12.8 Å². The summed E-state index contributed by atoms with van der Waals surface area (Å²) in [6.07, 6.45) is 11.4. The first kappa shape index (κ1) is 18.2. The summed E-state index contributed by atoms with van der Waals surface area (Å²) in [5.41, 5.74) is 1.18. The third-order valence-electron chi connectivity index (χ3n) is 3.47. The van der Waals surface area contributed by atoms with Crippen LogP contribution in [0.3, 0.4) is 0 Å². The molecule has 0 aliphatic carbocycles. The fourth-order valence-electron chi connectivity index (χ4n) is 2.32. The Morgan fingerprint density at radius 2 is 1.43 bits per heavy atom. The van der Waals surface area contributed by atoms with E-state index in [0.29, 0.717) is 0 Å². The van der Waals surface area contributed by atoms with Crippen molar-refractivity contribution in [2.24, 2.45) is 0 Å². The van der Waals surface area contributed by atoms with Gasteiger partial charge in [0.25, 0.3) is 0 Å². The minimum Gasteiger partial charge on any atom is -0.404 e. The lowest BCUT2D eigenvalue weighted by atomic mass is 10.0. The van der Waals surface area contributed by atoms with Crippen molar-refractivity contribution in [3.05, 3.63) is 29.8 Å². The van der Waals surface area contributed by atoms with Gasteiger partial charge in [0.2, 0.25) is 0 Å². The number of rotatable bonds is 11. The minimum absolute atomic E-state index is 0.211. The monoisotopic (exact) mass is 314 g/mol. The van der Waals surface area contributed by atoms with Crippen molar-refractivity contribution in [2.45, 2.75) is 64.7 Å². The third kappa shape index (κ3) is 9.67. The Kier molecular flexibility index (Phi) is 8.67. The van der Waals surface area contributed by atoms with E-state index < -0.39 is 7.82 Å². The lowest BCUT2D eigenvalue weighted by Gasteiger charge is -2.07. The highest BCUT2D eigenvalue weighted by atomic mass is 31.2. The third-order valence-corrected chi connectivity index (χ3v) is 3.92. The van der Waals surface area contributed by atoms with Crippen LogP contribution in [0.15, 0.2) is 24.3 Å². The van der Waals surface area contributed by atoms with Crippen molar-refractivity contribution in [3.8, 4) is 5.75 Å². The molecule has 0 saturated carbocycles. The summed E-state index contributed by atoms with van der Waals surface area (Å²) >= 11 is 0. The lowest BCUT2D eigenvalue weighted by Crippen LogP contribution is -1.91. The highest BCUT2D eigenvalue weighted by Crippen LogP contribution is 2.37. The highest BCUT2D eigenvalue weighted by molar-refractivity contribution is 7.46. The molecule has 0 amide bonds. The molecule has 1 aromatic rings. The number of aryl methyl sites for hydroxylation is 1. The summed E-state index contributed by atoms with van der Waals surface area (Å²) < 4.78 is 15.2. The second kappa shape index (κ2) is 9.99. The van der Waals surface area contributed by atoms with Gasteiger partial charge in [-0.1, -0.05) is 64.0 Å². The summed E-state index contributed by atoms with van der Waals surface area (Å²) in [6.45, 7) is 2.23. The zero-order valence-corrected chi connectivity index (χ0v) is 13.7. The fraction of sp³-hybridized carbons (Fsp3) is 0.625. The number of phosphoric acid groups is 1. The standard InChI is InChI=1S/C16H27O4P/c1-2-3-4-5-6-7-8-9-10-15-11-13-16(14-12-15)20-21(17,18)19/h11-14H,2-10H2,1H3,(H2,17,18,19). The Labute approximate surface area is 127 Å². The SMILES string of the molecule is CCCCCCCCCCc1ccc(OP(=O)(O)O)cc1. The molecular weight excluding hydrogens is 287 g/mol. The van der Waals surface area contributed by atoms with Gasteiger partial charge in [-0.3, -0.25) is 9.79 Å². The van der Waals surface area contributed by atoms with Crippen LogP contribution in [0.25, 0.3) is 0 Å². The summed E-state index contributed by atoms with van der Waals surface area (Å²) in [7, 11) is -4.44. The smallest absolute Gasteiger partial charge is 0.404 e. The maximum Gasteiger partial charge on any atom is 0.524 e. The van der Waals surface area contributed by atoms with Gasteiger partial charge in [0.05, 0.1) is 0 Å². The quantitative estimate of drug-likeness (QED) is 0.453. The van der Waals surface area contributed by atoms with E-state index in [9.17, 15) is 4.57 Å². The molecule has 0 unspecified atom stereocenters. The van der Waals surface area contributed by atoms with Gasteiger partial charge in [-0.2, -0.15) is 0 Å². The number of hydrogen-bond donors (Lipinski definition) is 2. The van der Waals surface area contributed by atoms with Gasteiger partial charge >= 0.3 is 7.82 Å². The van der Waals surface area contributed by atoms with Gasteiger partial charge < -0.3 is 4.52 Å². The summed E-state index contributed by atoms with van der Waals surface area (Å²) in [5.74, 6) is 0.211. The molecule has 120 valence electrons. The van der Waals surface area contributed by atoms with Gasteiger partial charge in [-0.05, 0) is 30.5 Å². The predicted molar refractivity (Wildman–Crippen MR) is 85.4 cm³/mol. The summed E-state index contributed by atoms with van der Waals surface area (Å²) in [4.78, 5) is 17.4. The Morgan fingerprint density at radius 1 is 0.905 bits per heavy atom. The van der Waals surface area contributed by atoms with E-state index in [1.165, 1.54) is 50.5 Å². The molecule has 4 nitrogen and oxygen atoms in total. The van der Waals surface area contributed by atoms with Crippen LogP contribution in [0.4, 0.5) is 0 Å². The zero-order chi connectivity index (χ0) is 15.6. The van der Waals surface area contributed by atoms with Crippen molar-refractivity contribution in [3.63, 3.8) is 0 Å². The Balaban J connectivity index is 2.14. The minimum atomic E-state index is -4.44. The fourth-order valence-corrected chi connectivity index (χ4v) is 2.71. The van der Waals surface area contributed by atoms with Crippen LogP contribution in [0.1, 0.15) is 63.9 Å². The number of phosphoric ester groups is 1. The molecule has 0 atom stereocenters. The van der Waals surface area contributed by atoms with E-state index in [2.05, 4.69) is 11.4 Å². The molecule has 5 heteroatoms. The van der Waals surface area contributed by atoms with Gasteiger partial charge in [-0.25, -0.2) is 4.57 Å². The van der Waals surface area contributed by atoms with Gasteiger partial charge in [0.15, 0.2) is 0 Å². The van der Waals surface area contributed by atoms with Gasteiger partial charge in [0, 0.05) is 0 Å². The molecule has 2 N–H and O–H groups in total. The van der Waals surface area contributed by atoms with Crippen LogP contribution in [-0.4, -0.2) is 9.79 Å². The molecule has 0 heterocycles.